The van der Waals surface area contributed by atoms with Gasteiger partial charge in [-0.2, -0.15) is 11.8 Å². The summed E-state index contributed by atoms with van der Waals surface area (Å²) in [6.45, 7) is 4.58. The van der Waals surface area contributed by atoms with Crippen LogP contribution >= 0.6 is 11.8 Å². The van der Waals surface area contributed by atoms with Crippen molar-refractivity contribution in [1.82, 2.24) is 20.9 Å². The first-order chi connectivity index (χ1) is 25.0. The summed E-state index contributed by atoms with van der Waals surface area (Å²) in [7, 11) is 1.74. The Hall–Kier alpha value is -2.84. The molecule has 8 heteroatoms. The topological polar surface area (TPSA) is 90.5 Å². The Morgan fingerprint density at radius 1 is 0.725 bits per heavy atom. The molecule has 0 radical (unpaired) electrons. The summed E-state index contributed by atoms with van der Waals surface area (Å²) in [6, 6.07) is 17.9. The van der Waals surface area contributed by atoms with Crippen LogP contribution in [-0.2, 0) is 14.4 Å². The van der Waals surface area contributed by atoms with Crippen LogP contribution in [-0.4, -0.2) is 65.8 Å². The van der Waals surface area contributed by atoms with Gasteiger partial charge in [0.2, 0.25) is 17.7 Å². The predicted octanol–water partition coefficient (Wildman–Crippen LogP) is 8.97. The lowest BCUT2D eigenvalue weighted by Gasteiger charge is -2.30. The molecule has 0 bridgehead atoms. The van der Waals surface area contributed by atoms with Gasteiger partial charge < -0.3 is 20.9 Å². The lowest BCUT2D eigenvalue weighted by Crippen LogP contribution is -2.56. The summed E-state index contributed by atoms with van der Waals surface area (Å²) >= 11 is 1.73. The maximum atomic E-state index is 14.0. The molecule has 284 valence electrons. The first-order valence-electron chi connectivity index (χ1n) is 20.2. The molecule has 1 saturated heterocycles. The van der Waals surface area contributed by atoms with Gasteiger partial charge in [-0.3, -0.25) is 14.4 Å². The van der Waals surface area contributed by atoms with Crippen molar-refractivity contribution in [3.8, 4) is 0 Å². The number of carbonyl (C=O) groups excluding carboxylic acids is 3. The van der Waals surface area contributed by atoms with E-state index in [1.807, 2.05) is 60.7 Å². The van der Waals surface area contributed by atoms with Gasteiger partial charge in [0.05, 0.1) is 12.1 Å². The van der Waals surface area contributed by atoms with Gasteiger partial charge in [-0.05, 0) is 50.1 Å². The second-order valence-corrected chi connectivity index (χ2v) is 15.6. The number of likely N-dealkylation sites (tertiary alicyclic amines) is 1. The molecule has 0 unspecified atom stereocenters. The Morgan fingerprint density at radius 2 is 1.22 bits per heavy atom. The van der Waals surface area contributed by atoms with Crippen molar-refractivity contribution in [3.63, 3.8) is 0 Å². The third kappa shape index (κ3) is 16.2. The number of hydrogen-bond acceptors (Lipinski definition) is 5. The number of rotatable bonds is 27. The van der Waals surface area contributed by atoms with Crippen LogP contribution < -0.4 is 16.0 Å². The number of carbonyl (C=O) groups is 3. The van der Waals surface area contributed by atoms with Gasteiger partial charge in [0, 0.05) is 12.3 Å². The molecule has 1 fully saturated rings. The number of benzene rings is 2. The summed E-state index contributed by atoms with van der Waals surface area (Å²) < 4.78 is 0. The van der Waals surface area contributed by atoms with E-state index in [2.05, 4.69) is 22.9 Å². The molecule has 2 aromatic carbocycles. The van der Waals surface area contributed by atoms with Gasteiger partial charge in [0.1, 0.15) is 12.1 Å². The number of likely N-dealkylation sites (N-methyl/N-ethyl adjacent to an activating group) is 1. The van der Waals surface area contributed by atoms with E-state index in [4.69, 9.17) is 0 Å². The SMILES string of the molecule is CCCCCCCCCCCCCCCCCCSC[C@H](NC(=O)[C@H](C)NC)C(=O)N1CCC[C@H]1C(=O)NC(c1ccccc1)c1ccccc1. The van der Waals surface area contributed by atoms with E-state index in [0.29, 0.717) is 18.7 Å². The van der Waals surface area contributed by atoms with Crippen LogP contribution in [0.1, 0.15) is 147 Å². The molecule has 0 aromatic heterocycles. The molecule has 3 amide bonds. The fraction of sp³-hybridized carbons (Fsp3) is 0.651. The van der Waals surface area contributed by atoms with Crippen LogP contribution in [0.15, 0.2) is 60.7 Å². The number of nitrogens with one attached hydrogen (secondary N) is 3. The Morgan fingerprint density at radius 3 is 1.71 bits per heavy atom. The Labute approximate surface area is 314 Å². The van der Waals surface area contributed by atoms with Crippen LogP contribution in [0.2, 0.25) is 0 Å². The molecule has 3 atom stereocenters. The van der Waals surface area contributed by atoms with E-state index < -0.39 is 18.1 Å². The highest BCUT2D eigenvalue weighted by Gasteiger charge is 2.38. The average molecular weight is 721 g/mol. The highest BCUT2D eigenvalue weighted by molar-refractivity contribution is 7.99. The molecule has 1 aliphatic heterocycles. The van der Waals surface area contributed by atoms with Gasteiger partial charge in [-0.15, -0.1) is 0 Å². The molecule has 51 heavy (non-hydrogen) atoms. The predicted molar refractivity (Wildman–Crippen MR) is 215 cm³/mol. The second kappa shape index (κ2) is 26.0. The number of thioether (sulfide) groups is 1. The van der Waals surface area contributed by atoms with Gasteiger partial charge in [-0.25, -0.2) is 0 Å². The Bertz CT molecular complexity index is 1190. The minimum atomic E-state index is -0.674. The molecular weight excluding hydrogens is 653 g/mol. The van der Waals surface area contributed by atoms with E-state index in [1.165, 1.54) is 96.3 Å². The van der Waals surface area contributed by atoms with E-state index in [1.54, 1.807) is 30.6 Å². The van der Waals surface area contributed by atoms with E-state index >= 15 is 0 Å². The third-order valence-corrected chi connectivity index (χ3v) is 11.4. The number of amides is 3. The van der Waals surface area contributed by atoms with Crippen molar-refractivity contribution in [2.45, 2.75) is 154 Å². The lowest BCUT2D eigenvalue weighted by molar-refractivity contribution is -0.141. The second-order valence-electron chi connectivity index (χ2n) is 14.4. The van der Waals surface area contributed by atoms with Crippen LogP contribution in [0.25, 0.3) is 0 Å². The molecule has 1 aliphatic rings. The van der Waals surface area contributed by atoms with Crippen molar-refractivity contribution in [3.05, 3.63) is 71.8 Å². The fourth-order valence-corrected chi connectivity index (χ4v) is 7.98. The maximum absolute atomic E-state index is 14.0. The Balaban J connectivity index is 1.42. The van der Waals surface area contributed by atoms with Crippen LogP contribution in [0, 0.1) is 0 Å². The standard InChI is InChI=1S/C43H68N4O3S/c1-4-5-6-7-8-9-10-11-12-13-14-15-16-17-18-25-33-51-34-38(45-41(48)35(2)44-3)43(50)47-32-26-31-39(47)42(49)46-40(36-27-21-19-22-28-36)37-29-23-20-24-30-37/h19-24,27-30,35,38-40,44H,4-18,25-26,31-34H2,1-3H3,(H,45,48)(H,46,49)/t35-,38-,39-/m0/s1. The smallest absolute Gasteiger partial charge is 0.246 e. The largest absolute Gasteiger partial charge is 0.343 e. The van der Waals surface area contributed by atoms with Gasteiger partial charge in [-0.1, -0.05) is 164 Å². The van der Waals surface area contributed by atoms with Crippen molar-refractivity contribution in [2.24, 2.45) is 0 Å². The molecular formula is C43H68N4O3S. The molecule has 0 saturated carbocycles. The lowest BCUT2D eigenvalue weighted by atomic mass is 9.98. The zero-order valence-corrected chi connectivity index (χ0v) is 32.8. The molecule has 3 N–H and O–H groups in total. The zero-order valence-electron chi connectivity index (χ0n) is 32.0. The molecule has 0 aliphatic carbocycles. The average Bonchev–Trinajstić information content (AvgIpc) is 3.66. The summed E-state index contributed by atoms with van der Waals surface area (Å²) in [5.74, 6) is 0.931. The van der Waals surface area contributed by atoms with Crippen LogP contribution in [0.3, 0.4) is 0 Å². The summed E-state index contributed by atoms with van der Waals surface area (Å²) in [5, 5.41) is 9.24. The highest BCUT2D eigenvalue weighted by atomic mass is 32.2. The normalized spacial score (nSPS) is 15.5. The molecule has 3 rings (SSSR count). The van der Waals surface area contributed by atoms with E-state index in [0.717, 1.165) is 29.7 Å². The number of unbranched alkanes of at least 4 members (excludes halogenated alkanes) is 15. The van der Waals surface area contributed by atoms with E-state index in [9.17, 15) is 14.4 Å². The zero-order chi connectivity index (χ0) is 36.5. The van der Waals surface area contributed by atoms with Crippen LogP contribution in [0.5, 0.6) is 0 Å². The molecule has 0 spiro atoms. The summed E-state index contributed by atoms with van der Waals surface area (Å²) in [6.07, 6.45) is 22.9. The molecule has 7 nitrogen and oxygen atoms in total. The maximum Gasteiger partial charge on any atom is 0.246 e. The van der Waals surface area contributed by atoms with Crippen LogP contribution in [0.4, 0.5) is 0 Å². The van der Waals surface area contributed by atoms with Crippen molar-refractivity contribution in [2.75, 3.05) is 25.1 Å². The quantitative estimate of drug-likeness (QED) is 0.0802. The first kappa shape index (κ1) is 42.6. The third-order valence-electron chi connectivity index (χ3n) is 10.3. The highest BCUT2D eigenvalue weighted by Crippen LogP contribution is 2.25. The summed E-state index contributed by atoms with van der Waals surface area (Å²) in [5.41, 5.74) is 1.98. The van der Waals surface area contributed by atoms with Crippen molar-refractivity contribution in [1.29, 1.82) is 0 Å². The number of nitrogens with zero attached hydrogens (tertiary/aromatic N) is 1. The fourth-order valence-electron chi connectivity index (χ4n) is 6.95. The summed E-state index contributed by atoms with van der Waals surface area (Å²) in [4.78, 5) is 42.5. The van der Waals surface area contributed by atoms with E-state index in [-0.39, 0.29) is 23.8 Å². The molecule has 1 heterocycles. The van der Waals surface area contributed by atoms with Gasteiger partial charge in [0.15, 0.2) is 0 Å². The molecule has 2 aromatic rings. The van der Waals surface area contributed by atoms with Gasteiger partial charge in [0.25, 0.3) is 0 Å². The minimum absolute atomic E-state index is 0.159. The number of hydrogen-bond donors (Lipinski definition) is 3. The van der Waals surface area contributed by atoms with Crippen molar-refractivity contribution < 1.29 is 14.4 Å². The monoisotopic (exact) mass is 721 g/mol. The van der Waals surface area contributed by atoms with Gasteiger partial charge >= 0.3 is 0 Å². The Kier molecular flexibility index (Phi) is 21.7. The first-order valence-corrected chi connectivity index (χ1v) is 21.4. The van der Waals surface area contributed by atoms with Crippen molar-refractivity contribution >= 4 is 29.5 Å². The minimum Gasteiger partial charge on any atom is -0.343 e.